The van der Waals surface area contributed by atoms with Crippen LogP contribution in [0.25, 0.3) is 0 Å². The fourth-order valence-electron chi connectivity index (χ4n) is 5.36. The number of nitrogens with one attached hydrogen (secondary N) is 1. The first-order chi connectivity index (χ1) is 16.5. The smallest absolute Gasteiger partial charge is 0.230 e. The maximum absolute atomic E-state index is 15.3. The molecule has 0 bridgehead atoms. The third-order valence-corrected chi connectivity index (χ3v) is 8.40. The fourth-order valence-corrected chi connectivity index (χ4v) is 6.30. The molecule has 0 radical (unpaired) electrons. The highest BCUT2D eigenvalue weighted by Gasteiger charge is 2.53. The zero-order chi connectivity index (χ0) is 23.7. The molecule has 1 N–H and O–H groups in total. The molecule has 8 heteroatoms. The third-order valence-electron chi connectivity index (χ3n) is 7.16. The molecule has 2 fully saturated rings. The Morgan fingerprint density at radius 3 is 2.68 bits per heavy atom. The predicted octanol–water partition coefficient (Wildman–Crippen LogP) is 5.30. The van der Waals surface area contributed by atoms with Crippen LogP contribution in [0.4, 0.5) is 8.78 Å². The van der Waals surface area contributed by atoms with Crippen LogP contribution in [-0.4, -0.2) is 42.8 Å². The van der Waals surface area contributed by atoms with Crippen molar-refractivity contribution in [2.45, 2.75) is 49.7 Å². The second kappa shape index (κ2) is 10.0. The van der Waals surface area contributed by atoms with Gasteiger partial charge in [-0.05, 0) is 67.7 Å². The Balaban J connectivity index is 1.38. The predicted molar refractivity (Wildman–Crippen MR) is 130 cm³/mol. The van der Waals surface area contributed by atoms with E-state index in [0.717, 1.165) is 30.2 Å². The summed E-state index contributed by atoms with van der Waals surface area (Å²) in [6.07, 6.45) is 3.80. The van der Waals surface area contributed by atoms with Gasteiger partial charge in [0.1, 0.15) is 5.82 Å². The van der Waals surface area contributed by atoms with Crippen molar-refractivity contribution < 1.29 is 23.0 Å². The molecule has 1 aliphatic carbocycles. The van der Waals surface area contributed by atoms with E-state index in [-0.39, 0.29) is 30.3 Å². The second-order valence-electron chi connectivity index (χ2n) is 9.45. The van der Waals surface area contributed by atoms with Crippen LogP contribution in [0.2, 0.25) is 5.02 Å². The minimum Gasteiger partial charge on any atom is -0.490 e. The number of benzene rings is 2. The first-order valence-electron chi connectivity index (χ1n) is 11.8. The van der Waals surface area contributed by atoms with Crippen molar-refractivity contribution in [2.75, 3.05) is 24.7 Å². The average Bonchev–Trinajstić information content (AvgIpc) is 3.64. The number of hydrogen-bond donors (Lipinski definition) is 1. The van der Waals surface area contributed by atoms with Crippen molar-refractivity contribution in [1.82, 2.24) is 5.32 Å². The molecule has 182 valence electrons. The molecule has 0 unspecified atom stereocenters. The number of ether oxygens (including phenoxy) is 2. The van der Waals surface area contributed by atoms with Crippen LogP contribution in [-0.2, 0) is 21.4 Å². The number of carbonyl (C=O) groups is 1. The molecule has 2 aromatic rings. The maximum atomic E-state index is 15.3. The monoisotopic (exact) mass is 507 g/mol. The molecule has 4 nitrogen and oxygen atoms in total. The van der Waals surface area contributed by atoms with Crippen molar-refractivity contribution in [3.8, 4) is 5.75 Å². The van der Waals surface area contributed by atoms with E-state index < -0.39 is 17.0 Å². The standard InChI is InChI=1S/C26H28ClF2NO3S/c27-17-3-1-16(2-4-17)13-26-10-11-32-22(9-12-34-15-23(31)30-18-5-6-18)19(26)14-33-25-21(29)8-7-20(28)24(25)26/h1-4,7-8,18-19,22H,5-6,9-15H2,(H,30,31)/t19-,22-,26-/m0/s1. The third kappa shape index (κ3) is 4.93. The van der Waals surface area contributed by atoms with Crippen molar-refractivity contribution >= 4 is 29.3 Å². The average molecular weight is 508 g/mol. The number of hydrogen-bond acceptors (Lipinski definition) is 4. The lowest BCUT2D eigenvalue weighted by atomic mass is 9.60. The Morgan fingerprint density at radius 2 is 1.91 bits per heavy atom. The molecule has 2 aromatic carbocycles. The summed E-state index contributed by atoms with van der Waals surface area (Å²) in [5.41, 5.74) is 0.686. The van der Waals surface area contributed by atoms with Gasteiger partial charge in [-0.2, -0.15) is 11.8 Å². The van der Waals surface area contributed by atoms with Gasteiger partial charge in [-0.3, -0.25) is 4.79 Å². The molecule has 0 aromatic heterocycles. The molecule has 0 spiro atoms. The normalized spacial score (nSPS) is 25.7. The summed E-state index contributed by atoms with van der Waals surface area (Å²) in [6, 6.07) is 10.2. The van der Waals surface area contributed by atoms with Crippen molar-refractivity contribution in [2.24, 2.45) is 5.92 Å². The van der Waals surface area contributed by atoms with Crippen LogP contribution >= 0.6 is 23.4 Å². The van der Waals surface area contributed by atoms with E-state index >= 15 is 4.39 Å². The van der Waals surface area contributed by atoms with Gasteiger partial charge in [-0.1, -0.05) is 23.7 Å². The largest absolute Gasteiger partial charge is 0.490 e. The Kier molecular flexibility index (Phi) is 7.05. The Morgan fingerprint density at radius 1 is 1.15 bits per heavy atom. The molecule has 2 heterocycles. The van der Waals surface area contributed by atoms with Gasteiger partial charge < -0.3 is 14.8 Å². The summed E-state index contributed by atoms with van der Waals surface area (Å²) in [7, 11) is 0. The van der Waals surface area contributed by atoms with Crippen LogP contribution in [0.3, 0.4) is 0 Å². The first-order valence-corrected chi connectivity index (χ1v) is 13.3. The highest BCUT2D eigenvalue weighted by molar-refractivity contribution is 7.99. The Bertz CT molecular complexity index is 1050. The van der Waals surface area contributed by atoms with Gasteiger partial charge in [0, 0.05) is 34.6 Å². The zero-order valence-corrected chi connectivity index (χ0v) is 20.4. The van der Waals surface area contributed by atoms with Gasteiger partial charge in [0.15, 0.2) is 11.6 Å². The zero-order valence-electron chi connectivity index (χ0n) is 18.8. The molecule has 1 saturated carbocycles. The molecule has 2 aliphatic heterocycles. The summed E-state index contributed by atoms with van der Waals surface area (Å²) in [4.78, 5) is 12.0. The SMILES string of the molecule is O=C(CSCC[C@@H]1OCC[C@@]2(Cc3ccc(Cl)cc3)c3c(F)ccc(F)c3OC[C@@H]12)NC1CC1. The van der Waals surface area contributed by atoms with Crippen LogP contribution in [0.5, 0.6) is 5.75 Å². The van der Waals surface area contributed by atoms with Crippen molar-refractivity contribution in [1.29, 1.82) is 0 Å². The summed E-state index contributed by atoms with van der Waals surface area (Å²) in [5, 5.41) is 3.63. The summed E-state index contributed by atoms with van der Waals surface area (Å²) in [5.74, 6) is 0.144. The van der Waals surface area contributed by atoms with E-state index in [1.165, 1.54) is 6.07 Å². The van der Waals surface area contributed by atoms with Gasteiger partial charge >= 0.3 is 0 Å². The minimum absolute atomic E-state index is 0.0250. The molecule has 3 aliphatic rings. The number of rotatable bonds is 8. The molecule has 1 amide bonds. The van der Waals surface area contributed by atoms with Crippen LogP contribution < -0.4 is 10.1 Å². The number of amides is 1. The van der Waals surface area contributed by atoms with Gasteiger partial charge in [0.2, 0.25) is 5.91 Å². The Labute approximate surface area is 207 Å². The van der Waals surface area contributed by atoms with E-state index in [4.69, 9.17) is 21.1 Å². The molecular formula is C26H28ClF2NO3S. The lowest BCUT2D eigenvalue weighted by Crippen LogP contribution is -2.55. The van der Waals surface area contributed by atoms with E-state index in [1.54, 1.807) is 11.8 Å². The highest BCUT2D eigenvalue weighted by atomic mass is 35.5. The van der Waals surface area contributed by atoms with Gasteiger partial charge in [-0.15, -0.1) is 0 Å². The lowest BCUT2D eigenvalue weighted by molar-refractivity contribution is -0.118. The molecule has 3 atom stereocenters. The van der Waals surface area contributed by atoms with Crippen LogP contribution in [0, 0.1) is 17.6 Å². The second-order valence-corrected chi connectivity index (χ2v) is 11.0. The van der Waals surface area contributed by atoms with E-state index in [9.17, 15) is 9.18 Å². The fraction of sp³-hybridized carbons (Fsp3) is 0.500. The lowest BCUT2D eigenvalue weighted by Gasteiger charge is -2.51. The quantitative estimate of drug-likeness (QED) is 0.493. The number of thioether (sulfide) groups is 1. The van der Waals surface area contributed by atoms with Crippen molar-refractivity contribution in [3.63, 3.8) is 0 Å². The minimum atomic E-state index is -0.648. The van der Waals surface area contributed by atoms with Crippen LogP contribution in [0.15, 0.2) is 36.4 Å². The summed E-state index contributed by atoms with van der Waals surface area (Å²) < 4.78 is 42.0. The summed E-state index contributed by atoms with van der Waals surface area (Å²) >= 11 is 7.66. The van der Waals surface area contributed by atoms with Gasteiger partial charge in [0.25, 0.3) is 0 Å². The number of fused-ring (bicyclic) bond motifs is 3. The first kappa shape index (κ1) is 23.9. The van der Waals surface area contributed by atoms with Crippen LogP contribution in [0.1, 0.15) is 36.8 Å². The van der Waals surface area contributed by atoms with Crippen molar-refractivity contribution in [3.05, 3.63) is 64.2 Å². The topological polar surface area (TPSA) is 47.6 Å². The molecule has 34 heavy (non-hydrogen) atoms. The molecular weight excluding hydrogens is 480 g/mol. The number of carbonyl (C=O) groups excluding carboxylic acids is 1. The van der Waals surface area contributed by atoms with Gasteiger partial charge in [-0.25, -0.2) is 8.78 Å². The summed E-state index contributed by atoms with van der Waals surface area (Å²) in [6.45, 7) is 0.718. The Hall–Kier alpha value is -1.83. The molecule has 1 saturated heterocycles. The van der Waals surface area contributed by atoms with E-state index in [1.807, 2.05) is 24.3 Å². The highest BCUT2D eigenvalue weighted by Crippen LogP contribution is 2.52. The maximum Gasteiger partial charge on any atom is 0.230 e. The van der Waals surface area contributed by atoms with E-state index in [0.29, 0.717) is 48.3 Å². The van der Waals surface area contributed by atoms with E-state index in [2.05, 4.69) is 5.32 Å². The van der Waals surface area contributed by atoms with Gasteiger partial charge in [0.05, 0.1) is 18.5 Å². The number of halogens is 3. The molecule has 5 rings (SSSR count).